The van der Waals surface area contributed by atoms with E-state index in [0.29, 0.717) is 25.9 Å². The fourth-order valence-electron chi connectivity index (χ4n) is 2.41. The molecule has 2 rings (SSSR count). The molecule has 0 saturated carbocycles. The van der Waals surface area contributed by atoms with E-state index < -0.39 is 21.7 Å². The summed E-state index contributed by atoms with van der Waals surface area (Å²) in [6, 6.07) is 2.90. The number of nitrogens with zero attached hydrogens (tertiary/aromatic N) is 1. The molecule has 0 atom stereocenters. The van der Waals surface area contributed by atoms with Crippen molar-refractivity contribution >= 4 is 27.5 Å². The zero-order valence-corrected chi connectivity index (χ0v) is 13.3. The van der Waals surface area contributed by atoms with Gasteiger partial charge in [0.15, 0.2) is 0 Å². The van der Waals surface area contributed by atoms with Crippen molar-refractivity contribution in [2.45, 2.75) is 23.8 Å². The molecule has 1 aromatic rings. The van der Waals surface area contributed by atoms with Crippen molar-refractivity contribution in [1.82, 2.24) is 9.62 Å². The van der Waals surface area contributed by atoms with Gasteiger partial charge in [0, 0.05) is 19.1 Å². The minimum atomic E-state index is -3.81. The first-order valence-corrected chi connectivity index (χ1v) is 8.62. The van der Waals surface area contributed by atoms with E-state index in [-0.39, 0.29) is 22.5 Å². The van der Waals surface area contributed by atoms with E-state index in [4.69, 9.17) is 17.3 Å². The van der Waals surface area contributed by atoms with Gasteiger partial charge in [-0.2, -0.15) is 0 Å². The molecule has 1 aliphatic heterocycles. The highest BCUT2D eigenvalue weighted by atomic mass is 35.5. The van der Waals surface area contributed by atoms with Crippen LogP contribution in [0.5, 0.6) is 0 Å². The Bertz CT molecular complexity index is 660. The highest BCUT2D eigenvalue weighted by Gasteiger charge is 2.26. The van der Waals surface area contributed by atoms with E-state index in [1.54, 1.807) is 0 Å². The molecule has 0 bridgehead atoms. The zero-order chi connectivity index (χ0) is 16.3. The van der Waals surface area contributed by atoms with Crippen LogP contribution in [0.4, 0.5) is 4.39 Å². The molecular formula is C13H17ClFN3O3S. The molecule has 1 saturated heterocycles. The fourth-order valence-corrected chi connectivity index (χ4v) is 4.24. The number of hydrogen-bond donors (Lipinski definition) is 2. The quantitative estimate of drug-likeness (QED) is 0.818. The highest BCUT2D eigenvalue weighted by Crippen LogP contribution is 2.23. The molecule has 0 unspecified atom stereocenters. The monoisotopic (exact) mass is 349 g/mol. The summed E-state index contributed by atoms with van der Waals surface area (Å²) in [6.45, 7) is 1.32. The maximum Gasteiger partial charge on any atom is 0.242 e. The van der Waals surface area contributed by atoms with Crippen LogP contribution in [0, 0.1) is 5.82 Å². The number of amides is 1. The molecule has 9 heteroatoms. The molecule has 1 fully saturated rings. The van der Waals surface area contributed by atoms with Crippen molar-refractivity contribution in [3.05, 3.63) is 29.0 Å². The predicted octanol–water partition coefficient (Wildman–Crippen LogP) is 0.707. The number of halogens is 2. The van der Waals surface area contributed by atoms with Gasteiger partial charge in [-0.05, 0) is 31.0 Å². The summed E-state index contributed by atoms with van der Waals surface area (Å²) < 4.78 is 40.1. The van der Waals surface area contributed by atoms with E-state index in [1.807, 2.05) is 4.90 Å². The Balaban J connectivity index is 2.00. The number of nitrogens with two attached hydrogens (primary N) is 1. The predicted molar refractivity (Wildman–Crippen MR) is 80.4 cm³/mol. The van der Waals surface area contributed by atoms with Crippen molar-refractivity contribution in [3.8, 4) is 0 Å². The number of hydrogen-bond acceptors (Lipinski definition) is 4. The summed E-state index contributed by atoms with van der Waals surface area (Å²) in [5.41, 5.74) is 5.13. The number of sulfonamides is 1. The average Bonchev–Trinajstić information content (AvgIpc) is 2.39. The number of carbonyl (C=O) groups is 1. The number of likely N-dealkylation sites (tertiary alicyclic amines) is 1. The first-order chi connectivity index (χ1) is 10.3. The SMILES string of the molecule is NC(=O)CN1CCC(NS(=O)(=O)c2ccc(F)cc2Cl)CC1. The van der Waals surface area contributed by atoms with Crippen LogP contribution in [-0.2, 0) is 14.8 Å². The molecule has 1 heterocycles. The largest absolute Gasteiger partial charge is 0.369 e. The molecule has 0 radical (unpaired) electrons. The molecule has 122 valence electrons. The van der Waals surface area contributed by atoms with Crippen molar-refractivity contribution in [2.75, 3.05) is 19.6 Å². The van der Waals surface area contributed by atoms with E-state index in [1.165, 1.54) is 0 Å². The molecular weight excluding hydrogens is 333 g/mol. The Morgan fingerprint density at radius 2 is 2.05 bits per heavy atom. The summed E-state index contributed by atoms with van der Waals surface area (Å²) >= 11 is 5.79. The van der Waals surface area contributed by atoms with Crippen LogP contribution < -0.4 is 10.5 Å². The smallest absolute Gasteiger partial charge is 0.242 e. The van der Waals surface area contributed by atoms with Gasteiger partial charge in [0.25, 0.3) is 0 Å². The second-order valence-electron chi connectivity index (χ2n) is 5.21. The van der Waals surface area contributed by atoms with E-state index in [9.17, 15) is 17.6 Å². The Kier molecular flexibility index (Phi) is 5.38. The lowest BCUT2D eigenvalue weighted by atomic mass is 10.1. The Hall–Kier alpha value is -1.22. The molecule has 0 aromatic heterocycles. The Labute approximate surface area is 133 Å². The van der Waals surface area contributed by atoms with Gasteiger partial charge >= 0.3 is 0 Å². The molecule has 3 N–H and O–H groups in total. The number of benzene rings is 1. The third kappa shape index (κ3) is 4.39. The van der Waals surface area contributed by atoms with Gasteiger partial charge < -0.3 is 5.73 Å². The number of piperidine rings is 1. The summed E-state index contributed by atoms with van der Waals surface area (Å²) in [7, 11) is -3.81. The molecule has 22 heavy (non-hydrogen) atoms. The second kappa shape index (κ2) is 6.91. The van der Waals surface area contributed by atoms with Gasteiger partial charge in [-0.15, -0.1) is 0 Å². The lowest BCUT2D eigenvalue weighted by molar-refractivity contribution is -0.119. The van der Waals surface area contributed by atoms with Crippen LogP contribution >= 0.6 is 11.6 Å². The van der Waals surface area contributed by atoms with Gasteiger partial charge in [-0.1, -0.05) is 11.6 Å². The first kappa shape index (κ1) is 17.1. The molecule has 6 nitrogen and oxygen atoms in total. The topological polar surface area (TPSA) is 92.5 Å². The van der Waals surface area contributed by atoms with Crippen molar-refractivity contribution in [3.63, 3.8) is 0 Å². The minimum absolute atomic E-state index is 0.143. The van der Waals surface area contributed by atoms with Crippen LogP contribution in [0.25, 0.3) is 0 Å². The molecule has 1 aromatic carbocycles. The van der Waals surface area contributed by atoms with E-state index in [0.717, 1.165) is 18.2 Å². The minimum Gasteiger partial charge on any atom is -0.369 e. The van der Waals surface area contributed by atoms with Gasteiger partial charge in [0.1, 0.15) is 10.7 Å². The fraction of sp³-hybridized carbons (Fsp3) is 0.462. The van der Waals surface area contributed by atoms with Crippen LogP contribution in [0.2, 0.25) is 5.02 Å². The number of carbonyl (C=O) groups excluding carboxylic acids is 1. The number of primary amides is 1. The zero-order valence-electron chi connectivity index (χ0n) is 11.8. The summed E-state index contributed by atoms with van der Waals surface area (Å²) in [5.74, 6) is -0.999. The average molecular weight is 350 g/mol. The lowest BCUT2D eigenvalue weighted by Crippen LogP contribution is -2.46. The number of nitrogens with one attached hydrogen (secondary N) is 1. The van der Waals surface area contributed by atoms with Crippen molar-refractivity contribution in [2.24, 2.45) is 5.73 Å². The van der Waals surface area contributed by atoms with Gasteiger partial charge in [0.05, 0.1) is 11.6 Å². The standard InChI is InChI=1S/C13H17ClFN3O3S/c14-11-7-9(15)1-2-12(11)22(20,21)17-10-3-5-18(6-4-10)8-13(16)19/h1-2,7,10,17H,3-6,8H2,(H2,16,19). The third-order valence-corrected chi connectivity index (χ3v) is 5.48. The Morgan fingerprint density at radius 1 is 1.41 bits per heavy atom. The van der Waals surface area contributed by atoms with Crippen LogP contribution in [0.3, 0.4) is 0 Å². The van der Waals surface area contributed by atoms with Crippen LogP contribution in [0.15, 0.2) is 23.1 Å². The highest BCUT2D eigenvalue weighted by molar-refractivity contribution is 7.89. The van der Waals surface area contributed by atoms with Crippen LogP contribution in [-0.4, -0.2) is 44.9 Å². The first-order valence-electron chi connectivity index (χ1n) is 6.76. The Morgan fingerprint density at radius 3 is 2.59 bits per heavy atom. The summed E-state index contributed by atoms with van der Waals surface area (Å²) in [4.78, 5) is 12.6. The van der Waals surface area contributed by atoms with Gasteiger partial charge in [-0.3, -0.25) is 9.69 Å². The maximum atomic E-state index is 13.0. The third-order valence-electron chi connectivity index (χ3n) is 3.47. The van der Waals surface area contributed by atoms with Gasteiger partial charge in [0.2, 0.25) is 15.9 Å². The van der Waals surface area contributed by atoms with Gasteiger partial charge in [-0.25, -0.2) is 17.5 Å². The molecule has 0 aliphatic carbocycles. The van der Waals surface area contributed by atoms with E-state index >= 15 is 0 Å². The molecule has 1 amide bonds. The van der Waals surface area contributed by atoms with Crippen molar-refractivity contribution in [1.29, 1.82) is 0 Å². The lowest BCUT2D eigenvalue weighted by Gasteiger charge is -2.31. The second-order valence-corrected chi connectivity index (χ2v) is 7.30. The normalized spacial score (nSPS) is 17.5. The summed E-state index contributed by atoms with van der Waals surface area (Å²) in [5, 5.41) is -0.154. The maximum absolute atomic E-state index is 13.0. The number of rotatable bonds is 5. The summed E-state index contributed by atoms with van der Waals surface area (Å²) in [6.07, 6.45) is 1.12. The molecule has 1 aliphatic rings. The molecule has 0 spiro atoms. The van der Waals surface area contributed by atoms with E-state index in [2.05, 4.69) is 4.72 Å². The van der Waals surface area contributed by atoms with Crippen LogP contribution in [0.1, 0.15) is 12.8 Å². The van der Waals surface area contributed by atoms with Crippen molar-refractivity contribution < 1.29 is 17.6 Å².